The second-order valence-electron chi connectivity index (χ2n) is 3.50. The average Bonchev–Trinajstić information content (AvgIpc) is 2.26. The minimum atomic E-state index is 0.219. The molecule has 0 saturated heterocycles. The summed E-state index contributed by atoms with van der Waals surface area (Å²) in [6.07, 6.45) is 1.00. The van der Waals surface area contributed by atoms with E-state index in [-0.39, 0.29) is 6.04 Å². The van der Waals surface area contributed by atoms with Gasteiger partial charge >= 0.3 is 0 Å². The molecule has 0 aliphatic rings. The molecule has 0 aliphatic carbocycles. The van der Waals surface area contributed by atoms with Crippen LogP contribution in [-0.4, -0.2) is 11.8 Å². The number of hydrogen-bond donors (Lipinski definition) is 1. The Morgan fingerprint density at radius 2 is 1.87 bits per heavy atom. The first kappa shape index (κ1) is 12.9. The predicted molar refractivity (Wildman–Crippen MR) is 70.6 cm³/mol. The van der Waals surface area contributed by atoms with Gasteiger partial charge in [0.2, 0.25) is 0 Å². The van der Waals surface area contributed by atoms with Crippen molar-refractivity contribution in [2.45, 2.75) is 31.6 Å². The molecule has 0 bridgehead atoms. The molecule has 0 aliphatic heterocycles. The Balaban J connectivity index is 2.83. The van der Waals surface area contributed by atoms with E-state index < -0.39 is 0 Å². The summed E-state index contributed by atoms with van der Waals surface area (Å²) < 4.78 is 0. The summed E-state index contributed by atoms with van der Waals surface area (Å²) in [6, 6.07) is 8.23. The van der Waals surface area contributed by atoms with Gasteiger partial charge in [-0.15, -0.1) is 0 Å². The van der Waals surface area contributed by atoms with Gasteiger partial charge in [-0.05, 0) is 29.9 Å². The molecule has 84 valence electrons. The zero-order chi connectivity index (χ0) is 11.3. The zero-order valence-electron chi connectivity index (χ0n) is 9.24. The van der Waals surface area contributed by atoms with Crippen LogP contribution in [0.15, 0.2) is 24.3 Å². The second-order valence-corrected chi connectivity index (χ2v) is 5.35. The number of benzene rings is 1. The van der Waals surface area contributed by atoms with Gasteiger partial charge in [0, 0.05) is 16.3 Å². The van der Waals surface area contributed by atoms with Crippen LogP contribution in [0.5, 0.6) is 0 Å². The largest absolute Gasteiger partial charge is 0.326 e. The molecule has 2 unspecified atom stereocenters. The van der Waals surface area contributed by atoms with Gasteiger partial charge in [-0.2, -0.15) is 11.8 Å². The number of hydrogen-bond acceptors (Lipinski definition) is 2. The molecule has 0 radical (unpaired) electrons. The van der Waals surface area contributed by atoms with E-state index in [9.17, 15) is 0 Å². The third-order valence-corrected chi connectivity index (χ3v) is 3.97. The Labute approximate surface area is 101 Å². The van der Waals surface area contributed by atoms with Crippen LogP contribution in [0.2, 0.25) is 5.02 Å². The van der Waals surface area contributed by atoms with Crippen LogP contribution in [0.25, 0.3) is 0 Å². The van der Waals surface area contributed by atoms with E-state index in [4.69, 9.17) is 17.3 Å². The lowest BCUT2D eigenvalue weighted by molar-refractivity contribution is 0.634. The summed E-state index contributed by atoms with van der Waals surface area (Å²) in [5.74, 6) is 1.08. The summed E-state index contributed by atoms with van der Waals surface area (Å²) in [4.78, 5) is 0. The quantitative estimate of drug-likeness (QED) is 0.850. The molecule has 1 rings (SSSR count). The van der Waals surface area contributed by atoms with Crippen LogP contribution in [0, 0.1) is 0 Å². The van der Waals surface area contributed by atoms with Crippen LogP contribution >= 0.6 is 23.4 Å². The molecular weight excluding hydrogens is 226 g/mol. The summed E-state index contributed by atoms with van der Waals surface area (Å²) in [6.45, 7) is 4.29. The molecule has 2 N–H and O–H groups in total. The molecule has 3 heteroatoms. The van der Waals surface area contributed by atoms with Gasteiger partial charge in [0.15, 0.2) is 0 Å². The molecule has 0 saturated carbocycles. The maximum Gasteiger partial charge on any atom is 0.0448 e. The third-order valence-electron chi connectivity index (χ3n) is 2.41. The molecule has 0 heterocycles. The molecule has 0 aromatic heterocycles. The number of halogens is 1. The number of nitrogens with two attached hydrogens (primary N) is 1. The monoisotopic (exact) mass is 243 g/mol. The molecule has 0 amide bonds. The summed E-state index contributed by atoms with van der Waals surface area (Å²) >= 11 is 7.77. The molecule has 1 aromatic carbocycles. The standard InChI is InChI=1S/C12H18ClNS/c1-3-11(14)12(15-4-2)9-5-7-10(13)8-6-9/h5-8,11-12H,3-4,14H2,1-2H3. The van der Waals surface area contributed by atoms with Gasteiger partial charge in [0.05, 0.1) is 0 Å². The van der Waals surface area contributed by atoms with Crippen molar-refractivity contribution in [2.75, 3.05) is 5.75 Å². The summed E-state index contributed by atoms with van der Waals surface area (Å²) in [7, 11) is 0. The Morgan fingerprint density at radius 3 is 2.33 bits per heavy atom. The van der Waals surface area contributed by atoms with Crippen LogP contribution in [0.4, 0.5) is 0 Å². The van der Waals surface area contributed by atoms with Crippen molar-refractivity contribution in [1.29, 1.82) is 0 Å². The van der Waals surface area contributed by atoms with Crippen molar-refractivity contribution in [3.63, 3.8) is 0 Å². The minimum Gasteiger partial charge on any atom is -0.326 e. The van der Waals surface area contributed by atoms with Crippen molar-refractivity contribution in [1.82, 2.24) is 0 Å². The van der Waals surface area contributed by atoms with Gasteiger partial charge in [0.1, 0.15) is 0 Å². The van der Waals surface area contributed by atoms with E-state index in [2.05, 4.69) is 26.0 Å². The molecular formula is C12H18ClNS. The highest BCUT2D eigenvalue weighted by molar-refractivity contribution is 7.99. The van der Waals surface area contributed by atoms with Gasteiger partial charge in [-0.3, -0.25) is 0 Å². The van der Waals surface area contributed by atoms with Gasteiger partial charge in [-0.1, -0.05) is 37.6 Å². The SMILES string of the molecule is CCSC(c1ccc(Cl)cc1)C(N)CC. The lowest BCUT2D eigenvalue weighted by atomic mass is 10.0. The normalized spacial score (nSPS) is 14.9. The Morgan fingerprint density at radius 1 is 1.27 bits per heavy atom. The minimum absolute atomic E-state index is 0.219. The first-order valence-corrected chi connectivity index (χ1v) is 6.74. The summed E-state index contributed by atoms with van der Waals surface area (Å²) in [5.41, 5.74) is 7.40. The van der Waals surface area contributed by atoms with E-state index in [0.29, 0.717) is 5.25 Å². The van der Waals surface area contributed by atoms with Crippen molar-refractivity contribution in [3.8, 4) is 0 Å². The van der Waals surface area contributed by atoms with Gasteiger partial charge < -0.3 is 5.73 Å². The van der Waals surface area contributed by atoms with Crippen LogP contribution in [0.1, 0.15) is 31.1 Å². The smallest absolute Gasteiger partial charge is 0.0448 e. The van der Waals surface area contributed by atoms with E-state index >= 15 is 0 Å². The highest BCUT2D eigenvalue weighted by Crippen LogP contribution is 2.32. The lowest BCUT2D eigenvalue weighted by Gasteiger charge is -2.22. The Kier molecular flexibility index (Phi) is 5.51. The highest BCUT2D eigenvalue weighted by atomic mass is 35.5. The fraction of sp³-hybridized carbons (Fsp3) is 0.500. The first-order valence-electron chi connectivity index (χ1n) is 5.31. The highest BCUT2D eigenvalue weighted by Gasteiger charge is 2.17. The second kappa shape index (κ2) is 6.41. The number of thioether (sulfide) groups is 1. The fourth-order valence-electron chi connectivity index (χ4n) is 1.51. The first-order chi connectivity index (χ1) is 7.19. The average molecular weight is 244 g/mol. The lowest BCUT2D eigenvalue weighted by Crippen LogP contribution is -2.25. The van der Waals surface area contributed by atoms with Crippen LogP contribution in [-0.2, 0) is 0 Å². The molecule has 0 spiro atoms. The van der Waals surface area contributed by atoms with Gasteiger partial charge in [0.25, 0.3) is 0 Å². The van der Waals surface area contributed by atoms with Crippen LogP contribution in [0.3, 0.4) is 0 Å². The molecule has 1 aromatic rings. The molecule has 0 fully saturated rings. The van der Waals surface area contributed by atoms with Crippen molar-refractivity contribution < 1.29 is 0 Å². The summed E-state index contributed by atoms with van der Waals surface area (Å²) in [5, 5.41) is 1.17. The Bertz CT molecular complexity index is 286. The Hall–Kier alpha value is -0.180. The zero-order valence-corrected chi connectivity index (χ0v) is 10.8. The topological polar surface area (TPSA) is 26.0 Å². The molecule has 15 heavy (non-hydrogen) atoms. The fourth-order valence-corrected chi connectivity index (χ4v) is 2.79. The molecule has 1 nitrogen and oxygen atoms in total. The maximum absolute atomic E-state index is 6.12. The van der Waals surface area contributed by atoms with Crippen molar-refractivity contribution >= 4 is 23.4 Å². The van der Waals surface area contributed by atoms with E-state index in [1.165, 1.54) is 5.56 Å². The van der Waals surface area contributed by atoms with Gasteiger partial charge in [-0.25, -0.2) is 0 Å². The third kappa shape index (κ3) is 3.71. The van der Waals surface area contributed by atoms with Crippen molar-refractivity contribution in [2.24, 2.45) is 5.73 Å². The van der Waals surface area contributed by atoms with E-state index in [1.807, 2.05) is 23.9 Å². The van der Waals surface area contributed by atoms with E-state index in [1.54, 1.807) is 0 Å². The predicted octanol–water partition coefficient (Wildman–Crippen LogP) is 3.87. The van der Waals surface area contributed by atoms with E-state index in [0.717, 1.165) is 17.2 Å². The van der Waals surface area contributed by atoms with Crippen molar-refractivity contribution in [3.05, 3.63) is 34.9 Å². The molecule has 2 atom stereocenters. The number of rotatable bonds is 5. The van der Waals surface area contributed by atoms with Crippen LogP contribution < -0.4 is 5.73 Å². The maximum atomic E-state index is 6.12.